The van der Waals surface area contributed by atoms with Gasteiger partial charge in [0, 0.05) is 0 Å². The van der Waals surface area contributed by atoms with Gasteiger partial charge in [-0.3, -0.25) is 0 Å². The van der Waals surface area contributed by atoms with E-state index in [1.54, 1.807) is 0 Å². The Morgan fingerprint density at radius 1 is 1.13 bits per heavy atom. The number of hydrogen-bond acceptors (Lipinski definition) is 3. The molecular weight excluding hydrogens is 192 g/mol. The average molecular weight is 212 g/mol. The molecule has 0 atom stereocenters. The third-order valence-corrected chi connectivity index (χ3v) is 1.99. The summed E-state index contributed by atoms with van der Waals surface area (Å²) in [5.74, 6) is 2.20. The molecule has 3 nitrogen and oxygen atoms in total. The van der Waals surface area contributed by atoms with Crippen LogP contribution in [0.25, 0.3) is 0 Å². The summed E-state index contributed by atoms with van der Waals surface area (Å²) in [5.41, 5.74) is 0. The maximum absolute atomic E-state index is 10.8. The van der Waals surface area contributed by atoms with E-state index < -0.39 is 6.16 Å². The third-order valence-electron chi connectivity index (χ3n) is 1.99. The van der Waals surface area contributed by atoms with Crippen molar-refractivity contribution in [3.63, 3.8) is 0 Å². The van der Waals surface area contributed by atoms with Crippen LogP contribution in [-0.4, -0.2) is 19.4 Å². The molecule has 0 aliphatic rings. The van der Waals surface area contributed by atoms with Gasteiger partial charge in [0.05, 0.1) is 6.61 Å². The summed E-state index contributed by atoms with van der Waals surface area (Å²) in [7, 11) is 0. The van der Waals surface area contributed by atoms with E-state index in [-0.39, 0.29) is 6.61 Å². The van der Waals surface area contributed by atoms with Crippen LogP contribution >= 0.6 is 0 Å². The van der Waals surface area contributed by atoms with Gasteiger partial charge in [-0.25, -0.2) is 4.79 Å². The van der Waals surface area contributed by atoms with Gasteiger partial charge in [0.25, 0.3) is 0 Å². The number of ether oxygens (including phenoxy) is 2. The standard InChI is InChI=1S/C12H20O3/c1-3-5-6-7-8-9-11-15-12(13)14-10-4-2/h2H,3,5-11H2,1H3. The van der Waals surface area contributed by atoms with Crippen molar-refractivity contribution in [3.8, 4) is 12.3 Å². The van der Waals surface area contributed by atoms with Crippen molar-refractivity contribution in [2.45, 2.75) is 45.4 Å². The predicted octanol–water partition coefficient (Wildman–Crippen LogP) is 3.13. The monoisotopic (exact) mass is 212 g/mol. The van der Waals surface area contributed by atoms with E-state index in [0.717, 1.165) is 12.8 Å². The molecule has 86 valence electrons. The highest BCUT2D eigenvalue weighted by Crippen LogP contribution is 2.04. The molecule has 0 aromatic carbocycles. The summed E-state index contributed by atoms with van der Waals surface area (Å²) < 4.78 is 9.33. The average Bonchev–Trinajstić information content (AvgIpc) is 2.25. The lowest BCUT2D eigenvalue weighted by Gasteiger charge is -2.03. The molecule has 0 saturated heterocycles. The van der Waals surface area contributed by atoms with E-state index in [4.69, 9.17) is 11.2 Å². The van der Waals surface area contributed by atoms with Gasteiger partial charge >= 0.3 is 6.16 Å². The van der Waals surface area contributed by atoms with Crippen LogP contribution in [0.3, 0.4) is 0 Å². The molecule has 0 amide bonds. The van der Waals surface area contributed by atoms with Crippen LogP contribution in [0, 0.1) is 12.3 Å². The molecule has 0 radical (unpaired) electrons. The zero-order chi connectivity index (χ0) is 11.4. The van der Waals surface area contributed by atoms with Gasteiger partial charge in [-0.1, -0.05) is 44.9 Å². The summed E-state index contributed by atoms with van der Waals surface area (Å²) in [4.78, 5) is 10.8. The summed E-state index contributed by atoms with van der Waals surface area (Å²) >= 11 is 0. The van der Waals surface area contributed by atoms with E-state index in [1.165, 1.54) is 25.7 Å². The van der Waals surface area contributed by atoms with Crippen molar-refractivity contribution in [1.29, 1.82) is 0 Å². The largest absolute Gasteiger partial charge is 0.509 e. The normalized spacial score (nSPS) is 9.33. The Hall–Kier alpha value is -1.17. The number of hydrogen-bond donors (Lipinski definition) is 0. The van der Waals surface area contributed by atoms with Crippen LogP contribution in [0.4, 0.5) is 4.79 Å². The Morgan fingerprint density at radius 3 is 2.47 bits per heavy atom. The minimum absolute atomic E-state index is 0.0185. The van der Waals surface area contributed by atoms with Crippen molar-refractivity contribution in [3.05, 3.63) is 0 Å². The van der Waals surface area contributed by atoms with Crippen LogP contribution < -0.4 is 0 Å². The molecule has 0 N–H and O–H groups in total. The predicted molar refractivity (Wildman–Crippen MR) is 59.5 cm³/mol. The number of rotatable bonds is 8. The second kappa shape index (κ2) is 10.9. The maximum Gasteiger partial charge on any atom is 0.509 e. The van der Waals surface area contributed by atoms with Gasteiger partial charge in [0.1, 0.15) is 0 Å². The van der Waals surface area contributed by atoms with Crippen molar-refractivity contribution in [2.75, 3.05) is 13.2 Å². The Morgan fingerprint density at radius 2 is 1.80 bits per heavy atom. The lowest BCUT2D eigenvalue weighted by Crippen LogP contribution is -2.08. The molecule has 15 heavy (non-hydrogen) atoms. The zero-order valence-corrected chi connectivity index (χ0v) is 9.46. The molecule has 0 aromatic heterocycles. The maximum atomic E-state index is 10.8. The smallest absolute Gasteiger partial charge is 0.434 e. The van der Waals surface area contributed by atoms with Crippen LogP contribution in [0.1, 0.15) is 45.4 Å². The molecule has 0 aliphatic carbocycles. The topological polar surface area (TPSA) is 35.5 Å². The number of terminal acetylenes is 1. The van der Waals surface area contributed by atoms with E-state index in [0.29, 0.717) is 6.61 Å². The number of carbonyl (C=O) groups is 1. The molecule has 0 spiro atoms. The minimum atomic E-state index is -0.665. The number of unbranched alkanes of at least 4 members (excludes halogenated alkanes) is 5. The van der Waals surface area contributed by atoms with E-state index in [9.17, 15) is 4.79 Å². The van der Waals surface area contributed by atoms with Crippen molar-refractivity contribution in [2.24, 2.45) is 0 Å². The fourth-order valence-corrected chi connectivity index (χ4v) is 1.18. The fraction of sp³-hybridized carbons (Fsp3) is 0.750. The molecule has 0 bridgehead atoms. The van der Waals surface area contributed by atoms with Gasteiger partial charge in [-0.05, 0) is 6.42 Å². The molecule has 3 heteroatoms. The Labute approximate surface area is 92.1 Å². The summed E-state index contributed by atoms with van der Waals surface area (Å²) in [6.07, 6.45) is 11.2. The molecular formula is C12H20O3. The molecule has 0 aromatic rings. The fourth-order valence-electron chi connectivity index (χ4n) is 1.18. The van der Waals surface area contributed by atoms with Gasteiger partial charge in [0.15, 0.2) is 6.61 Å². The zero-order valence-electron chi connectivity index (χ0n) is 9.46. The van der Waals surface area contributed by atoms with E-state index in [1.807, 2.05) is 0 Å². The van der Waals surface area contributed by atoms with E-state index in [2.05, 4.69) is 17.6 Å². The molecule has 0 unspecified atom stereocenters. The van der Waals surface area contributed by atoms with Crippen LogP contribution in [0.5, 0.6) is 0 Å². The highest BCUT2D eigenvalue weighted by Gasteiger charge is 2.00. The molecule has 0 heterocycles. The Bertz CT molecular complexity index is 194. The van der Waals surface area contributed by atoms with Gasteiger partial charge in [-0.15, -0.1) is 6.42 Å². The molecule has 0 aliphatic heterocycles. The number of carbonyl (C=O) groups excluding carboxylic acids is 1. The van der Waals surface area contributed by atoms with Gasteiger partial charge < -0.3 is 9.47 Å². The lowest BCUT2D eigenvalue weighted by atomic mass is 10.1. The minimum Gasteiger partial charge on any atom is -0.434 e. The second-order valence-corrected chi connectivity index (χ2v) is 3.36. The highest BCUT2D eigenvalue weighted by molar-refractivity contribution is 5.59. The third kappa shape index (κ3) is 10.8. The highest BCUT2D eigenvalue weighted by atomic mass is 16.7. The summed E-state index contributed by atoms with van der Waals surface area (Å²) in [6.45, 7) is 2.59. The Kier molecular flexibility index (Phi) is 10.1. The SMILES string of the molecule is C#CCOC(=O)OCCCCCCCC. The molecule has 0 saturated carbocycles. The summed E-state index contributed by atoms with van der Waals surface area (Å²) in [5, 5.41) is 0. The van der Waals surface area contributed by atoms with Crippen LogP contribution in [0.15, 0.2) is 0 Å². The van der Waals surface area contributed by atoms with Crippen LogP contribution in [0.2, 0.25) is 0 Å². The quantitative estimate of drug-likeness (QED) is 0.352. The molecule has 0 fully saturated rings. The lowest BCUT2D eigenvalue weighted by molar-refractivity contribution is 0.0632. The van der Waals surface area contributed by atoms with E-state index >= 15 is 0 Å². The summed E-state index contributed by atoms with van der Waals surface area (Å²) in [6, 6.07) is 0. The second-order valence-electron chi connectivity index (χ2n) is 3.36. The van der Waals surface area contributed by atoms with Gasteiger partial charge in [0.2, 0.25) is 0 Å². The first-order valence-corrected chi connectivity index (χ1v) is 5.54. The Balaban J connectivity index is 3.10. The molecule has 0 rings (SSSR count). The van der Waals surface area contributed by atoms with Crippen molar-refractivity contribution >= 4 is 6.16 Å². The van der Waals surface area contributed by atoms with Crippen LogP contribution in [-0.2, 0) is 9.47 Å². The first-order valence-electron chi connectivity index (χ1n) is 5.54. The van der Waals surface area contributed by atoms with Crippen molar-refractivity contribution < 1.29 is 14.3 Å². The van der Waals surface area contributed by atoms with Crippen molar-refractivity contribution in [1.82, 2.24) is 0 Å². The van der Waals surface area contributed by atoms with Gasteiger partial charge in [-0.2, -0.15) is 0 Å². The first-order chi connectivity index (χ1) is 7.31. The first kappa shape index (κ1) is 13.8.